The van der Waals surface area contributed by atoms with Gasteiger partial charge < -0.3 is 0 Å². The van der Waals surface area contributed by atoms with E-state index in [0.29, 0.717) is 12.0 Å². The Labute approximate surface area is 83.3 Å². The Bertz CT molecular complexity index is 364. The number of ketones is 1. The van der Waals surface area contributed by atoms with Crippen LogP contribution in [0.5, 0.6) is 0 Å². The second-order valence-corrected chi connectivity index (χ2v) is 2.82. The molecule has 0 N–H and O–H groups in total. The zero-order valence-corrected chi connectivity index (χ0v) is 7.99. The van der Waals surface area contributed by atoms with E-state index in [2.05, 4.69) is 0 Å². The molecule has 0 bridgehead atoms. The van der Waals surface area contributed by atoms with Crippen LogP contribution in [0.2, 0.25) is 0 Å². The van der Waals surface area contributed by atoms with Crippen LogP contribution in [0.4, 0.5) is 0 Å². The third kappa shape index (κ3) is 2.39. The van der Waals surface area contributed by atoms with Crippen molar-refractivity contribution >= 4 is 18.1 Å². The highest BCUT2D eigenvalue weighted by Crippen LogP contribution is 2.12. The van der Waals surface area contributed by atoms with Gasteiger partial charge >= 0.3 is 0 Å². The first-order valence-corrected chi connectivity index (χ1v) is 4.46. The fourth-order valence-electron chi connectivity index (χ4n) is 1.21. The van der Waals surface area contributed by atoms with E-state index in [9.17, 15) is 9.59 Å². The third-order valence-corrected chi connectivity index (χ3v) is 1.91. The van der Waals surface area contributed by atoms with E-state index in [1.54, 1.807) is 24.5 Å². The van der Waals surface area contributed by atoms with Gasteiger partial charge in [-0.25, -0.2) is 0 Å². The normalized spacial score (nSPS) is 10.4. The fraction of sp³-hybridized carbons (Fsp3) is 0.167. The van der Waals surface area contributed by atoms with E-state index in [0.717, 1.165) is 5.56 Å². The summed E-state index contributed by atoms with van der Waals surface area (Å²) in [5.74, 6) is 0.0798. The zero-order chi connectivity index (χ0) is 10.4. The van der Waals surface area contributed by atoms with Gasteiger partial charge in [0.25, 0.3) is 0 Å². The number of carbonyl (C=O) groups excluding carboxylic acids is 2. The monoisotopic (exact) mass is 187 g/mol. The first kappa shape index (κ1) is 10.4. The predicted molar refractivity (Wildman–Crippen MR) is 55.8 cm³/mol. The summed E-state index contributed by atoms with van der Waals surface area (Å²) in [7, 11) is 0. The van der Waals surface area contributed by atoms with Crippen molar-refractivity contribution in [3.8, 4) is 0 Å². The molecule has 14 heavy (non-hydrogen) atoms. The first-order chi connectivity index (χ1) is 6.79. The second-order valence-electron chi connectivity index (χ2n) is 2.82. The van der Waals surface area contributed by atoms with Crippen LogP contribution < -0.4 is 0 Å². The van der Waals surface area contributed by atoms with Gasteiger partial charge in [-0.15, -0.1) is 0 Å². The molecule has 0 aliphatic carbocycles. The molecule has 2 heteroatoms. The van der Waals surface area contributed by atoms with Gasteiger partial charge in [0.15, 0.2) is 5.78 Å². The molecule has 0 unspecified atom stereocenters. The lowest BCUT2D eigenvalue weighted by atomic mass is 10.0. The van der Waals surface area contributed by atoms with Gasteiger partial charge in [0.05, 0.1) is 0 Å². The maximum Gasteiger partial charge on any atom is 0.225 e. The molecule has 0 saturated carbocycles. The molecule has 71 valence electrons. The van der Waals surface area contributed by atoms with Crippen molar-refractivity contribution in [3.63, 3.8) is 0 Å². The Morgan fingerprint density at radius 1 is 1.43 bits per heavy atom. The lowest BCUT2D eigenvalue weighted by molar-refractivity contribution is 0.0988. The largest absolute Gasteiger partial charge is 0.294 e. The van der Waals surface area contributed by atoms with Crippen molar-refractivity contribution in [2.75, 3.05) is 0 Å². The molecule has 1 aromatic carbocycles. The van der Waals surface area contributed by atoms with Crippen LogP contribution in [0, 0.1) is 0 Å². The summed E-state index contributed by atoms with van der Waals surface area (Å²) in [6.45, 7) is 1.81. The molecule has 1 radical (unpaired) electrons. The number of Topliss-reactive ketones (excluding diaryl/α,β-unsaturated/α-hetero) is 1. The van der Waals surface area contributed by atoms with Gasteiger partial charge in [0.1, 0.15) is 0 Å². The van der Waals surface area contributed by atoms with Crippen LogP contribution in [-0.2, 0) is 4.79 Å². The smallest absolute Gasteiger partial charge is 0.225 e. The topological polar surface area (TPSA) is 34.1 Å². The summed E-state index contributed by atoms with van der Waals surface area (Å²) in [5, 5.41) is 0. The highest BCUT2D eigenvalue weighted by atomic mass is 16.1. The summed E-state index contributed by atoms with van der Waals surface area (Å²) >= 11 is 0. The second kappa shape index (κ2) is 5.12. The molecule has 0 spiro atoms. The van der Waals surface area contributed by atoms with Gasteiger partial charge in [-0.2, -0.15) is 0 Å². The third-order valence-electron chi connectivity index (χ3n) is 1.91. The summed E-state index contributed by atoms with van der Waals surface area (Å²) in [6.07, 6.45) is 4.99. The minimum absolute atomic E-state index is 0.0798. The van der Waals surface area contributed by atoms with Gasteiger partial charge in [-0.3, -0.25) is 9.59 Å². The molecule has 0 saturated heterocycles. The van der Waals surface area contributed by atoms with E-state index in [4.69, 9.17) is 0 Å². The molecule has 0 aliphatic heterocycles. The Morgan fingerprint density at radius 3 is 2.79 bits per heavy atom. The number of hydrogen-bond donors (Lipinski definition) is 0. The Morgan fingerprint density at radius 2 is 2.14 bits per heavy atom. The first-order valence-electron chi connectivity index (χ1n) is 4.46. The van der Waals surface area contributed by atoms with Crippen LogP contribution in [0.25, 0.3) is 6.08 Å². The standard InChI is InChI=1S/C12H11O2/c1-2-12(14)11-8-4-3-6-10(11)7-5-9-13/h3-8H,2H2,1H3/b7-5+. The van der Waals surface area contributed by atoms with Crippen molar-refractivity contribution in [2.24, 2.45) is 0 Å². The molecule has 0 fully saturated rings. The fourth-order valence-corrected chi connectivity index (χ4v) is 1.21. The lowest BCUT2D eigenvalue weighted by Gasteiger charge is -2.01. The minimum atomic E-state index is 0.0798. The molecule has 1 aromatic rings. The van der Waals surface area contributed by atoms with E-state index in [1.807, 2.05) is 19.1 Å². The van der Waals surface area contributed by atoms with Crippen molar-refractivity contribution in [3.05, 3.63) is 41.5 Å². The zero-order valence-electron chi connectivity index (χ0n) is 7.99. The predicted octanol–water partition coefficient (Wildman–Crippen LogP) is 2.40. The average molecular weight is 187 g/mol. The summed E-state index contributed by atoms with van der Waals surface area (Å²) < 4.78 is 0. The number of rotatable bonds is 4. The maximum atomic E-state index is 11.5. The van der Waals surface area contributed by atoms with Gasteiger partial charge in [0.2, 0.25) is 6.29 Å². The molecule has 2 nitrogen and oxygen atoms in total. The molecule has 0 aromatic heterocycles. The number of allylic oxidation sites excluding steroid dienone is 1. The lowest BCUT2D eigenvalue weighted by Crippen LogP contribution is -1.98. The number of benzene rings is 1. The Balaban J connectivity index is 3.08. The quantitative estimate of drug-likeness (QED) is 0.535. The molecular formula is C12H11O2. The maximum absolute atomic E-state index is 11.5. The number of hydrogen-bond acceptors (Lipinski definition) is 2. The highest BCUT2D eigenvalue weighted by molar-refractivity contribution is 5.99. The van der Waals surface area contributed by atoms with E-state index in [-0.39, 0.29) is 5.78 Å². The average Bonchev–Trinajstić information content (AvgIpc) is 2.25. The van der Waals surface area contributed by atoms with Crippen molar-refractivity contribution in [1.29, 1.82) is 0 Å². The van der Waals surface area contributed by atoms with Crippen LogP contribution >= 0.6 is 0 Å². The molecule has 0 aliphatic rings. The number of carbonyl (C=O) groups is 1. The van der Waals surface area contributed by atoms with Crippen LogP contribution in [-0.4, -0.2) is 12.1 Å². The van der Waals surface area contributed by atoms with Crippen molar-refractivity contribution in [2.45, 2.75) is 13.3 Å². The molecule has 0 atom stereocenters. The van der Waals surface area contributed by atoms with Gasteiger partial charge in [0, 0.05) is 12.0 Å². The highest BCUT2D eigenvalue weighted by Gasteiger charge is 2.05. The van der Waals surface area contributed by atoms with Crippen LogP contribution in [0.15, 0.2) is 30.3 Å². The Kier molecular flexibility index (Phi) is 3.80. The summed E-state index contributed by atoms with van der Waals surface area (Å²) in [4.78, 5) is 21.5. The SMILES string of the molecule is CCC(=O)c1ccccc1/C=C/[C]=O. The molecular weight excluding hydrogens is 176 g/mol. The van der Waals surface area contributed by atoms with Gasteiger partial charge in [-0.05, 0) is 11.6 Å². The molecule has 0 amide bonds. The summed E-state index contributed by atoms with van der Waals surface area (Å²) in [6, 6.07) is 7.20. The van der Waals surface area contributed by atoms with Gasteiger partial charge in [-0.1, -0.05) is 37.3 Å². The Hall–Kier alpha value is -1.70. The minimum Gasteiger partial charge on any atom is -0.294 e. The van der Waals surface area contributed by atoms with Crippen molar-refractivity contribution in [1.82, 2.24) is 0 Å². The van der Waals surface area contributed by atoms with E-state index >= 15 is 0 Å². The molecule has 1 rings (SSSR count). The van der Waals surface area contributed by atoms with Crippen molar-refractivity contribution < 1.29 is 9.59 Å². The van der Waals surface area contributed by atoms with E-state index < -0.39 is 0 Å². The van der Waals surface area contributed by atoms with Crippen LogP contribution in [0.1, 0.15) is 29.3 Å². The van der Waals surface area contributed by atoms with E-state index in [1.165, 1.54) is 6.08 Å². The summed E-state index contributed by atoms with van der Waals surface area (Å²) in [5.41, 5.74) is 1.42. The van der Waals surface area contributed by atoms with Crippen LogP contribution in [0.3, 0.4) is 0 Å². The molecule has 0 heterocycles.